The molecule has 0 aromatic heterocycles. The van der Waals surface area contributed by atoms with E-state index in [0.29, 0.717) is 0 Å². The van der Waals surface area contributed by atoms with Gasteiger partial charge in [0.25, 0.3) is 0 Å². The minimum atomic E-state index is -1.56. The van der Waals surface area contributed by atoms with Gasteiger partial charge >= 0.3 is 23.9 Å². The molecule has 1 aliphatic rings. The Balaban J connectivity index is 1.74. The predicted molar refractivity (Wildman–Crippen MR) is 139 cm³/mol. The third-order valence-electron chi connectivity index (χ3n) is 5.99. The Morgan fingerprint density at radius 2 is 1.18 bits per heavy atom. The zero-order chi connectivity index (χ0) is 28.5. The fourth-order valence-corrected chi connectivity index (χ4v) is 4.11. The van der Waals surface area contributed by atoms with Crippen molar-refractivity contribution in [2.75, 3.05) is 7.11 Å². The van der Waals surface area contributed by atoms with Crippen molar-refractivity contribution in [2.24, 2.45) is 0 Å². The fraction of sp³-hybridized carbons (Fsp3) is 0.267. The second kappa shape index (κ2) is 13.5. The van der Waals surface area contributed by atoms with E-state index < -0.39 is 54.6 Å². The molecule has 1 heterocycles. The molecule has 0 unspecified atom stereocenters. The first kappa shape index (κ1) is 28.5. The van der Waals surface area contributed by atoms with Crippen LogP contribution in [0.4, 0.5) is 0 Å². The van der Waals surface area contributed by atoms with Crippen molar-refractivity contribution in [1.29, 1.82) is 0 Å². The minimum absolute atomic E-state index is 0.00360. The van der Waals surface area contributed by atoms with Crippen LogP contribution in [-0.4, -0.2) is 61.7 Å². The van der Waals surface area contributed by atoms with E-state index in [2.05, 4.69) is 0 Å². The second-order valence-electron chi connectivity index (χ2n) is 8.79. The summed E-state index contributed by atoms with van der Waals surface area (Å²) in [7, 11) is 1.13. The molecule has 10 heteroatoms. The van der Waals surface area contributed by atoms with Crippen LogP contribution in [0, 0.1) is 0 Å². The van der Waals surface area contributed by atoms with Gasteiger partial charge in [0.15, 0.2) is 30.7 Å². The number of carbonyl (C=O) groups is 4. The molecule has 3 aromatic carbocycles. The van der Waals surface area contributed by atoms with Crippen LogP contribution in [0.2, 0.25) is 0 Å². The van der Waals surface area contributed by atoms with Gasteiger partial charge in [-0.2, -0.15) is 0 Å². The van der Waals surface area contributed by atoms with Crippen molar-refractivity contribution in [3.63, 3.8) is 0 Å². The maximum atomic E-state index is 13.2. The highest BCUT2D eigenvalue weighted by atomic mass is 16.7. The third-order valence-corrected chi connectivity index (χ3v) is 5.99. The van der Waals surface area contributed by atoms with Crippen LogP contribution in [-0.2, 0) is 44.6 Å². The first-order chi connectivity index (χ1) is 19.4. The zero-order valence-corrected chi connectivity index (χ0v) is 21.8. The number of ether oxygens (including phenoxy) is 6. The van der Waals surface area contributed by atoms with E-state index in [0.717, 1.165) is 19.6 Å². The van der Waals surface area contributed by atoms with E-state index in [1.165, 1.54) is 24.3 Å². The summed E-state index contributed by atoms with van der Waals surface area (Å²) in [5.41, 5.74) is 1.14. The molecule has 3 aromatic rings. The Hall–Kier alpha value is -4.54. The Labute approximate surface area is 230 Å². The third kappa shape index (κ3) is 7.10. The second-order valence-corrected chi connectivity index (χ2v) is 8.79. The maximum absolute atomic E-state index is 13.2. The first-order valence-electron chi connectivity index (χ1n) is 12.5. The lowest BCUT2D eigenvalue weighted by Gasteiger charge is -2.43. The predicted octanol–water partition coefficient (Wildman–Crippen LogP) is 3.48. The van der Waals surface area contributed by atoms with Crippen LogP contribution in [0.15, 0.2) is 91.0 Å². The molecule has 1 aliphatic heterocycles. The van der Waals surface area contributed by atoms with Gasteiger partial charge in [-0.3, -0.25) is 4.79 Å². The lowest BCUT2D eigenvalue weighted by atomic mass is 9.97. The highest BCUT2D eigenvalue weighted by molar-refractivity contribution is 5.90. The molecule has 1 saturated heterocycles. The van der Waals surface area contributed by atoms with Crippen molar-refractivity contribution in [2.45, 2.75) is 44.2 Å². The number of rotatable bonds is 9. The smallest absolute Gasteiger partial charge is 0.339 e. The molecular formula is C30H28O10. The van der Waals surface area contributed by atoms with Crippen LogP contribution in [0.5, 0.6) is 0 Å². The Bertz CT molecular complexity index is 1300. The van der Waals surface area contributed by atoms with Crippen molar-refractivity contribution in [3.8, 4) is 0 Å². The molecule has 0 spiro atoms. The van der Waals surface area contributed by atoms with E-state index in [1.807, 2.05) is 18.2 Å². The highest BCUT2D eigenvalue weighted by Crippen LogP contribution is 2.31. The van der Waals surface area contributed by atoms with E-state index in [1.54, 1.807) is 48.5 Å². The molecule has 5 atom stereocenters. The molecule has 0 radical (unpaired) electrons. The molecule has 0 bridgehead atoms. The van der Waals surface area contributed by atoms with Gasteiger partial charge in [0, 0.05) is 6.92 Å². The number of hydrogen-bond acceptors (Lipinski definition) is 10. The number of benzene rings is 3. The van der Waals surface area contributed by atoms with Crippen LogP contribution < -0.4 is 0 Å². The topological polar surface area (TPSA) is 124 Å². The lowest BCUT2D eigenvalue weighted by molar-refractivity contribution is -0.298. The van der Waals surface area contributed by atoms with Crippen LogP contribution >= 0.6 is 0 Å². The monoisotopic (exact) mass is 548 g/mol. The van der Waals surface area contributed by atoms with Crippen LogP contribution in [0.25, 0.3) is 0 Å². The van der Waals surface area contributed by atoms with Gasteiger partial charge in [0.05, 0.1) is 24.8 Å². The largest absolute Gasteiger partial charge is 0.467 e. The molecule has 10 nitrogen and oxygen atoms in total. The molecule has 0 saturated carbocycles. The van der Waals surface area contributed by atoms with Gasteiger partial charge in [-0.25, -0.2) is 14.4 Å². The lowest BCUT2D eigenvalue weighted by Crippen LogP contribution is -2.64. The molecule has 0 amide bonds. The van der Waals surface area contributed by atoms with Crippen molar-refractivity contribution < 1.29 is 47.6 Å². The van der Waals surface area contributed by atoms with Gasteiger partial charge in [-0.05, 0) is 29.8 Å². The minimum Gasteiger partial charge on any atom is -0.467 e. The van der Waals surface area contributed by atoms with E-state index in [4.69, 9.17) is 28.4 Å². The SMILES string of the molecule is COC(=O)[C@@H]1O[C@@H](OCc2ccccc2)[C@H](OC(=O)c2ccccc2)[C@@H](OC(=O)c2ccccc2)[C@H]1OC(C)=O. The van der Waals surface area contributed by atoms with E-state index in [9.17, 15) is 19.2 Å². The fourth-order valence-electron chi connectivity index (χ4n) is 4.11. The summed E-state index contributed by atoms with van der Waals surface area (Å²) in [6.07, 6.45) is -7.47. The molecule has 0 aliphatic carbocycles. The summed E-state index contributed by atoms with van der Waals surface area (Å²) < 4.78 is 33.7. The summed E-state index contributed by atoms with van der Waals surface area (Å²) in [4.78, 5) is 51.2. The molecule has 4 rings (SSSR count). The van der Waals surface area contributed by atoms with Crippen LogP contribution in [0.1, 0.15) is 33.2 Å². The van der Waals surface area contributed by atoms with Crippen LogP contribution in [0.3, 0.4) is 0 Å². The number of esters is 4. The molecule has 208 valence electrons. The first-order valence-corrected chi connectivity index (χ1v) is 12.5. The van der Waals surface area contributed by atoms with Gasteiger partial charge in [0.2, 0.25) is 0 Å². The number of hydrogen-bond donors (Lipinski definition) is 0. The summed E-state index contributed by atoms with van der Waals surface area (Å²) in [5.74, 6) is -3.29. The standard InChI is InChI=1S/C30H28O10/c1-19(31)37-23-24(38-27(32)21-14-8-4-9-15-21)26(39-28(33)22-16-10-5-11-17-22)30(40-25(23)29(34)35-2)36-18-20-12-6-3-7-13-20/h3-17,23-26,30H,18H2,1-2H3/t23-,24+,25-,26-,30-/m1/s1. The molecule has 1 fully saturated rings. The zero-order valence-electron chi connectivity index (χ0n) is 21.8. The Morgan fingerprint density at radius 3 is 1.68 bits per heavy atom. The molecule has 0 N–H and O–H groups in total. The van der Waals surface area contributed by atoms with E-state index in [-0.39, 0.29) is 17.7 Å². The summed E-state index contributed by atoms with van der Waals surface area (Å²) in [6, 6.07) is 25.2. The number of methoxy groups -OCH3 is 1. The van der Waals surface area contributed by atoms with Gasteiger partial charge in [0.1, 0.15) is 0 Å². The quantitative estimate of drug-likeness (QED) is 0.290. The Morgan fingerprint density at radius 1 is 0.675 bits per heavy atom. The summed E-state index contributed by atoms with van der Waals surface area (Å²) >= 11 is 0. The van der Waals surface area contributed by atoms with Gasteiger partial charge in [-0.1, -0.05) is 66.7 Å². The van der Waals surface area contributed by atoms with Gasteiger partial charge in [-0.15, -0.1) is 0 Å². The molecule has 40 heavy (non-hydrogen) atoms. The Kier molecular flexibility index (Phi) is 9.61. The summed E-state index contributed by atoms with van der Waals surface area (Å²) in [6.45, 7) is 1.11. The van der Waals surface area contributed by atoms with Crippen molar-refractivity contribution in [1.82, 2.24) is 0 Å². The van der Waals surface area contributed by atoms with Crippen molar-refractivity contribution >= 4 is 23.9 Å². The van der Waals surface area contributed by atoms with E-state index >= 15 is 0 Å². The van der Waals surface area contributed by atoms with Crippen molar-refractivity contribution in [3.05, 3.63) is 108 Å². The molecular weight excluding hydrogens is 520 g/mol. The normalized spacial score (nSPS) is 22.0. The van der Waals surface area contributed by atoms with Gasteiger partial charge < -0.3 is 28.4 Å². The summed E-state index contributed by atoms with van der Waals surface area (Å²) in [5, 5.41) is 0. The average molecular weight is 549 g/mol. The highest BCUT2D eigenvalue weighted by Gasteiger charge is 2.55. The maximum Gasteiger partial charge on any atom is 0.339 e. The number of carbonyl (C=O) groups excluding carboxylic acids is 4. The average Bonchev–Trinajstić information content (AvgIpc) is 2.98.